The van der Waals surface area contributed by atoms with Gasteiger partial charge in [-0.2, -0.15) is 0 Å². The van der Waals surface area contributed by atoms with E-state index in [1.165, 1.54) is 12.8 Å². The summed E-state index contributed by atoms with van der Waals surface area (Å²) in [4.78, 5) is 0. The van der Waals surface area contributed by atoms with Gasteiger partial charge in [-0.1, -0.05) is 27.2 Å². The Labute approximate surface area is 98.1 Å². The Morgan fingerprint density at radius 1 is 1.38 bits per heavy atom. The smallest absolute Gasteiger partial charge is 0.172 e. The average Bonchev–Trinajstić information content (AvgIpc) is 2.61. The van der Waals surface area contributed by atoms with E-state index in [0.717, 1.165) is 6.42 Å². The highest BCUT2D eigenvalue weighted by molar-refractivity contribution is 4.92. The monoisotopic (exact) mass is 228 g/mol. The zero-order valence-electron chi connectivity index (χ0n) is 10.6. The van der Waals surface area contributed by atoms with E-state index < -0.39 is 5.79 Å². The van der Waals surface area contributed by atoms with E-state index >= 15 is 0 Å². The maximum Gasteiger partial charge on any atom is 0.172 e. The number of hydrogen-bond donors (Lipinski definition) is 1. The standard InChI is InChI=1S/C13H24O3/c1-9(2)12-5-4-10(3)6-13(12)15-8-11(7-14)16-13/h9-12,14H,4-8H2,1-3H3/t10?,11?,12-,13-/m0/s1. The lowest BCUT2D eigenvalue weighted by Gasteiger charge is -2.44. The van der Waals surface area contributed by atoms with Crippen LogP contribution < -0.4 is 0 Å². The highest BCUT2D eigenvalue weighted by Crippen LogP contribution is 2.47. The average molecular weight is 228 g/mol. The fraction of sp³-hybridized carbons (Fsp3) is 1.00. The molecule has 0 aromatic rings. The van der Waals surface area contributed by atoms with Gasteiger partial charge in [0, 0.05) is 12.3 Å². The van der Waals surface area contributed by atoms with E-state index in [-0.39, 0.29) is 12.7 Å². The van der Waals surface area contributed by atoms with E-state index in [4.69, 9.17) is 14.6 Å². The van der Waals surface area contributed by atoms with Crippen molar-refractivity contribution in [3.05, 3.63) is 0 Å². The lowest BCUT2D eigenvalue weighted by atomic mass is 9.73. The molecule has 1 saturated carbocycles. The SMILES string of the molecule is CC1CC[C@@H](C(C)C)[C@@]2(C1)OCC(CO)O2. The van der Waals surface area contributed by atoms with Crippen LogP contribution in [-0.2, 0) is 9.47 Å². The van der Waals surface area contributed by atoms with Gasteiger partial charge in [0.25, 0.3) is 0 Å². The van der Waals surface area contributed by atoms with Crippen molar-refractivity contribution >= 4 is 0 Å². The zero-order chi connectivity index (χ0) is 11.8. The summed E-state index contributed by atoms with van der Waals surface area (Å²) in [6.07, 6.45) is 3.30. The van der Waals surface area contributed by atoms with Crippen molar-refractivity contribution in [1.29, 1.82) is 0 Å². The quantitative estimate of drug-likeness (QED) is 0.787. The maximum absolute atomic E-state index is 9.17. The number of aliphatic hydroxyl groups excluding tert-OH is 1. The third-order valence-corrected chi connectivity index (χ3v) is 4.06. The number of rotatable bonds is 2. The Morgan fingerprint density at radius 3 is 2.69 bits per heavy atom. The molecule has 1 N–H and O–H groups in total. The van der Waals surface area contributed by atoms with E-state index in [0.29, 0.717) is 24.4 Å². The van der Waals surface area contributed by atoms with Crippen molar-refractivity contribution in [2.45, 2.75) is 51.9 Å². The van der Waals surface area contributed by atoms with Crippen LogP contribution in [0.15, 0.2) is 0 Å². The molecule has 0 bridgehead atoms. The molecule has 0 aromatic heterocycles. The normalized spacial score (nSPS) is 44.4. The van der Waals surface area contributed by atoms with Gasteiger partial charge in [0.2, 0.25) is 0 Å². The molecular weight excluding hydrogens is 204 g/mol. The Morgan fingerprint density at radius 2 is 2.12 bits per heavy atom. The van der Waals surface area contributed by atoms with Gasteiger partial charge in [0.05, 0.1) is 13.2 Å². The van der Waals surface area contributed by atoms with Crippen LogP contribution in [0.1, 0.15) is 40.0 Å². The Kier molecular flexibility index (Phi) is 3.57. The van der Waals surface area contributed by atoms with E-state index in [9.17, 15) is 0 Å². The van der Waals surface area contributed by atoms with E-state index in [1.54, 1.807) is 0 Å². The number of aliphatic hydroxyl groups is 1. The van der Waals surface area contributed by atoms with Gasteiger partial charge in [-0.05, 0) is 18.3 Å². The minimum absolute atomic E-state index is 0.0704. The van der Waals surface area contributed by atoms with Gasteiger partial charge in [-0.25, -0.2) is 0 Å². The summed E-state index contributed by atoms with van der Waals surface area (Å²) in [5, 5.41) is 9.17. The Hall–Kier alpha value is -0.120. The zero-order valence-corrected chi connectivity index (χ0v) is 10.6. The van der Waals surface area contributed by atoms with Crippen molar-refractivity contribution in [2.24, 2.45) is 17.8 Å². The molecule has 16 heavy (non-hydrogen) atoms. The van der Waals surface area contributed by atoms with Crippen molar-refractivity contribution in [1.82, 2.24) is 0 Å². The minimum Gasteiger partial charge on any atom is -0.394 e. The molecule has 2 rings (SSSR count). The molecule has 4 atom stereocenters. The molecular formula is C13H24O3. The summed E-state index contributed by atoms with van der Waals surface area (Å²) in [6.45, 7) is 7.35. The van der Waals surface area contributed by atoms with Gasteiger partial charge >= 0.3 is 0 Å². The van der Waals surface area contributed by atoms with Crippen molar-refractivity contribution in [3.63, 3.8) is 0 Å². The lowest BCUT2D eigenvalue weighted by Crippen LogP contribution is -2.47. The molecule has 94 valence electrons. The lowest BCUT2D eigenvalue weighted by molar-refractivity contribution is -0.240. The summed E-state index contributed by atoms with van der Waals surface area (Å²) in [6, 6.07) is 0. The molecule has 2 fully saturated rings. The molecule has 0 radical (unpaired) electrons. The van der Waals surface area contributed by atoms with Gasteiger partial charge in [0.1, 0.15) is 6.10 Å². The second kappa shape index (κ2) is 4.63. The molecule has 2 aliphatic rings. The summed E-state index contributed by atoms with van der Waals surface area (Å²) in [5.41, 5.74) is 0. The summed E-state index contributed by atoms with van der Waals surface area (Å²) < 4.78 is 12.0. The summed E-state index contributed by atoms with van der Waals surface area (Å²) >= 11 is 0. The van der Waals surface area contributed by atoms with Gasteiger partial charge in [-0.3, -0.25) is 0 Å². The minimum atomic E-state index is -0.404. The molecule has 3 nitrogen and oxygen atoms in total. The second-order valence-corrected chi connectivity index (χ2v) is 5.78. The summed E-state index contributed by atoms with van der Waals surface area (Å²) in [7, 11) is 0. The molecule has 3 heteroatoms. The van der Waals surface area contributed by atoms with Crippen LogP contribution in [0.25, 0.3) is 0 Å². The van der Waals surface area contributed by atoms with Crippen molar-refractivity contribution in [3.8, 4) is 0 Å². The van der Waals surface area contributed by atoms with Crippen LogP contribution in [-0.4, -0.2) is 30.2 Å². The predicted molar refractivity (Wildman–Crippen MR) is 62.0 cm³/mol. The largest absolute Gasteiger partial charge is 0.394 e. The van der Waals surface area contributed by atoms with Crippen molar-refractivity contribution in [2.75, 3.05) is 13.2 Å². The first-order chi connectivity index (χ1) is 7.57. The molecule has 0 amide bonds. The second-order valence-electron chi connectivity index (χ2n) is 5.78. The Bertz CT molecular complexity index is 241. The highest BCUT2D eigenvalue weighted by Gasteiger charge is 2.51. The number of ether oxygens (including phenoxy) is 2. The van der Waals surface area contributed by atoms with Crippen LogP contribution in [0.3, 0.4) is 0 Å². The fourth-order valence-corrected chi connectivity index (χ4v) is 3.24. The van der Waals surface area contributed by atoms with Gasteiger partial charge in [-0.15, -0.1) is 0 Å². The molecule has 1 spiro atoms. The van der Waals surface area contributed by atoms with Crippen LogP contribution in [0, 0.1) is 17.8 Å². The van der Waals surface area contributed by atoms with Crippen LogP contribution in [0.5, 0.6) is 0 Å². The molecule has 1 aliphatic heterocycles. The third-order valence-electron chi connectivity index (χ3n) is 4.06. The first-order valence-electron chi connectivity index (χ1n) is 6.50. The first-order valence-corrected chi connectivity index (χ1v) is 6.50. The van der Waals surface area contributed by atoms with Crippen LogP contribution in [0.2, 0.25) is 0 Å². The first kappa shape index (κ1) is 12.3. The third kappa shape index (κ3) is 2.13. The molecule has 0 aromatic carbocycles. The fourth-order valence-electron chi connectivity index (χ4n) is 3.24. The maximum atomic E-state index is 9.17. The van der Waals surface area contributed by atoms with E-state index in [2.05, 4.69) is 20.8 Å². The van der Waals surface area contributed by atoms with Crippen LogP contribution in [0.4, 0.5) is 0 Å². The predicted octanol–water partition coefficient (Wildman–Crippen LogP) is 2.18. The van der Waals surface area contributed by atoms with Crippen molar-refractivity contribution < 1.29 is 14.6 Å². The Balaban J connectivity index is 2.13. The highest BCUT2D eigenvalue weighted by atomic mass is 16.7. The van der Waals surface area contributed by atoms with Gasteiger partial charge < -0.3 is 14.6 Å². The topological polar surface area (TPSA) is 38.7 Å². The molecule has 1 saturated heterocycles. The summed E-state index contributed by atoms with van der Waals surface area (Å²) in [5.74, 6) is 1.30. The van der Waals surface area contributed by atoms with E-state index in [1.807, 2.05) is 0 Å². The number of hydrogen-bond acceptors (Lipinski definition) is 3. The molecule has 2 unspecified atom stereocenters. The molecule has 1 aliphatic carbocycles. The molecule has 1 heterocycles. The van der Waals surface area contributed by atoms with Gasteiger partial charge in [0.15, 0.2) is 5.79 Å². The van der Waals surface area contributed by atoms with Crippen LogP contribution >= 0.6 is 0 Å².